The second kappa shape index (κ2) is 22.2. The molecular weight excluding hydrogens is 1280 g/mol. The molecule has 0 amide bonds. The van der Waals surface area contributed by atoms with Gasteiger partial charge >= 0.3 is 0 Å². The summed E-state index contributed by atoms with van der Waals surface area (Å²) < 4.78 is 52.3. The molecule has 0 atom stereocenters. The van der Waals surface area contributed by atoms with Crippen LogP contribution in [0.1, 0.15) is 112 Å². The van der Waals surface area contributed by atoms with Crippen molar-refractivity contribution in [3.8, 4) is 56.0 Å². The average Bonchev–Trinajstić information content (AvgIpc) is 1.27. The third-order valence-corrected chi connectivity index (χ3v) is 22.8. The van der Waals surface area contributed by atoms with Gasteiger partial charge < -0.3 is 19.4 Å². The maximum Gasteiger partial charge on any atom is 0.135 e. The van der Waals surface area contributed by atoms with E-state index in [4.69, 9.17) is 13.8 Å². The van der Waals surface area contributed by atoms with E-state index in [-0.39, 0.29) is 60.4 Å². The van der Waals surface area contributed by atoms with E-state index in [0.717, 1.165) is 56.4 Å². The zero-order valence-electron chi connectivity index (χ0n) is 57.6. The minimum absolute atomic E-state index is 0. The molecule has 1 spiro atoms. The molecule has 10 aromatic carbocycles. The van der Waals surface area contributed by atoms with Gasteiger partial charge in [-0.2, -0.15) is 12.1 Å². The first-order chi connectivity index (χ1) is 44.2. The Morgan fingerprint density at radius 3 is 1.63 bits per heavy atom. The van der Waals surface area contributed by atoms with Crippen molar-refractivity contribution in [3.63, 3.8) is 0 Å². The standard InChI is InChI=1S/C82H75N4OSi.Pt/c1-79(2,3)58-37-40-73-67(48-58)68-49-59(80(4,5)6)38-41-74(68)88(73)75-36-22-21-35-71(75)86(77-50-60(43-44-83-77)81(7,8)9)72-52-64(39-42-76(72)88)87-63-30-23-29-62(51-63)84-53-85(70-34-20-19-33-69(70)84)78-65(55-27-17-14-18-28-55)31-24-32-66(78)57-45-56(54-25-15-13-16-26-54)46-61(47-57)82(10,11)12;/h13-50,53H,1-12H3;/q-3;/i14D,17D,18D,27D,28D;. The van der Waals surface area contributed by atoms with E-state index in [1.165, 1.54) is 48.6 Å². The minimum Gasteiger partial charge on any atom is -0.509 e. The molecule has 0 saturated carbocycles. The van der Waals surface area contributed by atoms with Gasteiger partial charge in [-0.25, -0.2) is 4.98 Å². The minimum atomic E-state index is -3.12. The van der Waals surface area contributed by atoms with Gasteiger partial charge in [-0.15, -0.1) is 47.9 Å². The maximum absolute atomic E-state index is 9.40. The van der Waals surface area contributed by atoms with Gasteiger partial charge in [0.1, 0.15) is 13.9 Å². The number of ether oxygens (including phenoxy) is 1. The van der Waals surface area contributed by atoms with Crippen LogP contribution in [-0.4, -0.2) is 13.1 Å². The third-order valence-electron chi connectivity index (χ3n) is 17.9. The number of hydrogen-bond donors (Lipinski definition) is 0. The van der Waals surface area contributed by atoms with E-state index in [1.54, 1.807) is 0 Å². The van der Waals surface area contributed by atoms with Crippen LogP contribution < -0.4 is 40.2 Å². The number of fused-ring (bicyclic) bond motifs is 10. The Labute approximate surface area is 550 Å². The van der Waals surface area contributed by atoms with Gasteiger partial charge in [0.2, 0.25) is 0 Å². The molecule has 0 N–H and O–H groups in total. The summed E-state index contributed by atoms with van der Waals surface area (Å²) in [7, 11) is -3.12. The van der Waals surface area contributed by atoms with Gasteiger partial charge in [-0.05, 0) is 129 Å². The quantitative estimate of drug-likeness (QED) is 0.112. The van der Waals surface area contributed by atoms with Gasteiger partial charge in [0.05, 0.1) is 6.85 Å². The molecule has 11 aromatic rings. The SMILES string of the molecule is [2H]c1c([2H])c([2H])c(-c2cccc(-c3cc(-c4ccccc4)cc(C(C)(C)C)c3)c2N2[CH-]N(c3[c-]c(Oc4[c-]c5c(cc4)[Si]4(c6ccc(C(C)(C)C)cc6-c6cc(C(C)(C)C)ccc64)c4ccccc4N5c4cc(C(C)(C)C)ccn4)ccc3)c3ccccc32)c([2H])c1[2H].[Pt]. The van der Waals surface area contributed by atoms with Gasteiger partial charge in [-0.3, -0.25) is 0 Å². The van der Waals surface area contributed by atoms with Crippen molar-refractivity contribution >= 4 is 68.8 Å². The predicted molar refractivity (Wildman–Crippen MR) is 372 cm³/mol. The second-order valence-electron chi connectivity index (χ2n) is 27.8. The van der Waals surface area contributed by atoms with Gasteiger partial charge in [-0.1, -0.05) is 246 Å². The summed E-state index contributed by atoms with van der Waals surface area (Å²) in [6.45, 7) is 29.1. The first-order valence-electron chi connectivity index (χ1n) is 33.1. The maximum atomic E-state index is 9.40. The van der Waals surface area contributed by atoms with Crippen LogP contribution in [0.15, 0.2) is 231 Å². The first-order valence-corrected chi connectivity index (χ1v) is 32.6. The van der Waals surface area contributed by atoms with Crippen molar-refractivity contribution in [2.75, 3.05) is 14.7 Å². The van der Waals surface area contributed by atoms with Crippen LogP contribution in [0.2, 0.25) is 0 Å². The number of aromatic nitrogens is 1. The van der Waals surface area contributed by atoms with Crippen molar-refractivity contribution < 1.29 is 32.7 Å². The molecule has 3 aliphatic heterocycles. The Morgan fingerprint density at radius 2 is 0.978 bits per heavy atom. The molecule has 7 heteroatoms. The van der Waals surface area contributed by atoms with Gasteiger partial charge in [0, 0.05) is 72.6 Å². The van der Waals surface area contributed by atoms with Gasteiger partial charge in [0.15, 0.2) is 0 Å². The fourth-order valence-corrected chi connectivity index (χ4v) is 18.6. The van der Waals surface area contributed by atoms with Crippen LogP contribution in [0.25, 0.3) is 44.5 Å². The van der Waals surface area contributed by atoms with Crippen LogP contribution in [0, 0.1) is 18.8 Å². The third kappa shape index (κ3) is 10.4. The summed E-state index contributed by atoms with van der Waals surface area (Å²) in [5.41, 5.74) is 16.3. The molecule has 0 bridgehead atoms. The summed E-state index contributed by atoms with van der Waals surface area (Å²) in [6.07, 6.45) is 1.93. The van der Waals surface area contributed by atoms with Crippen LogP contribution in [0.5, 0.6) is 11.5 Å². The summed E-state index contributed by atoms with van der Waals surface area (Å²) in [5, 5.41) is 5.22. The molecule has 0 unspecified atom stereocenters. The number of hydrogen-bond acceptors (Lipinski definition) is 5. The molecule has 4 heterocycles. The normalized spacial score (nSPS) is 14.7. The molecule has 14 rings (SSSR count). The molecule has 0 radical (unpaired) electrons. The van der Waals surface area contributed by atoms with Crippen LogP contribution in [0.3, 0.4) is 0 Å². The average molecular weight is 1360 g/mol. The van der Waals surface area contributed by atoms with E-state index in [2.05, 4.69) is 243 Å². The summed E-state index contributed by atoms with van der Waals surface area (Å²) in [4.78, 5) is 11.7. The van der Waals surface area contributed by atoms with Crippen molar-refractivity contribution in [2.24, 2.45) is 0 Å². The van der Waals surface area contributed by atoms with Crippen molar-refractivity contribution in [1.82, 2.24) is 4.98 Å². The molecule has 1 aromatic heterocycles. The van der Waals surface area contributed by atoms with Crippen molar-refractivity contribution in [2.45, 2.75) is 105 Å². The number of benzene rings is 10. The van der Waals surface area contributed by atoms with E-state index in [1.807, 2.05) is 73.5 Å². The number of para-hydroxylation sites is 4. The summed E-state index contributed by atoms with van der Waals surface area (Å²) in [5.74, 6) is 1.79. The molecule has 3 aliphatic rings. The zero-order chi connectivity index (χ0) is 65.4. The second-order valence-corrected chi connectivity index (χ2v) is 31.5. The fourth-order valence-electron chi connectivity index (χ4n) is 13.2. The van der Waals surface area contributed by atoms with Crippen molar-refractivity contribution in [1.29, 1.82) is 0 Å². The van der Waals surface area contributed by atoms with E-state index in [0.29, 0.717) is 28.4 Å². The fraction of sp³-hybridized carbons (Fsp3) is 0.195. The van der Waals surface area contributed by atoms with Crippen LogP contribution in [-0.2, 0) is 42.7 Å². The van der Waals surface area contributed by atoms with Crippen LogP contribution in [0.4, 0.5) is 39.9 Å². The molecule has 0 aliphatic carbocycles. The van der Waals surface area contributed by atoms with Gasteiger partial charge in [0.25, 0.3) is 0 Å². The number of nitrogens with zero attached hydrogens (tertiary/aromatic N) is 4. The number of pyridine rings is 1. The summed E-state index contributed by atoms with van der Waals surface area (Å²) in [6, 6.07) is 74.9. The Hall–Kier alpha value is -8.54. The number of anilines is 7. The smallest absolute Gasteiger partial charge is 0.135 e. The van der Waals surface area contributed by atoms with E-state index >= 15 is 0 Å². The Morgan fingerprint density at radius 1 is 0.427 bits per heavy atom. The topological polar surface area (TPSA) is 31.8 Å². The molecule has 0 saturated heterocycles. The molecule has 0 fully saturated rings. The largest absolute Gasteiger partial charge is 0.509 e. The van der Waals surface area contributed by atoms with Crippen molar-refractivity contribution in [3.05, 3.63) is 272 Å². The Bertz CT molecular complexity index is 4760. The summed E-state index contributed by atoms with van der Waals surface area (Å²) >= 11 is 0. The Balaban J connectivity index is 0.00000803. The molecular formula is C82H75N4OPtSi-3. The molecule has 446 valence electrons. The Kier molecular flexibility index (Phi) is 13.3. The van der Waals surface area contributed by atoms with E-state index < -0.39 is 26.2 Å². The zero-order valence-corrected chi connectivity index (χ0v) is 55.9. The van der Waals surface area contributed by atoms with Crippen LogP contribution >= 0.6 is 0 Å². The van der Waals surface area contributed by atoms with E-state index in [9.17, 15) is 2.74 Å². The molecule has 89 heavy (non-hydrogen) atoms. The first kappa shape index (κ1) is 53.5. The molecule has 5 nitrogen and oxygen atoms in total. The number of rotatable bonds is 8. The predicted octanol–water partition coefficient (Wildman–Crippen LogP) is 19.2. The monoisotopic (exact) mass is 1360 g/mol.